The van der Waals surface area contributed by atoms with E-state index in [1.165, 1.54) is 0 Å². The van der Waals surface area contributed by atoms with E-state index in [2.05, 4.69) is 90.4 Å². The third kappa shape index (κ3) is 4.29. The van der Waals surface area contributed by atoms with E-state index in [-0.39, 0.29) is 44.3 Å². The first-order valence-electron chi connectivity index (χ1n) is 12.7. The maximum absolute atomic E-state index is 12.5. The standard InChI is InChI=1S/C24H43N5O5Si2/c1-22(2,3)35(10,11)33-17-16-14(12-31-36(34-16,23(4,5)6)24(7,8)9)32-20(17)29-13-26-15-18(29)27-21(25)28-19(15)30/h13-14,16-17,20H,12H2,1-11H3,(H3,25,27,28,30)/t14-,16-,17-,20-/m1/s1. The first-order chi connectivity index (χ1) is 16.3. The molecule has 12 heteroatoms. The van der Waals surface area contributed by atoms with Gasteiger partial charge in [0, 0.05) is 10.1 Å². The molecule has 0 saturated carbocycles. The number of H-pyrrole nitrogens is 1. The molecule has 0 aromatic carbocycles. The van der Waals surface area contributed by atoms with Crippen LogP contribution in [0.4, 0.5) is 5.95 Å². The zero-order valence-corrected chi connectivity index (χ0v) is 25.6. The summed E-state index contributed by atoms with van der Waals surface area (Å²) in [6, 6.07) is 0. The van der Waals surface area contributed by atoms with Crippen molar-refractivity contribution in [2.24, 2.45) is 0 Å². The SMILES string of the molecule is CC(C)(C)[Si](C)(C)O[C@@H]1[C@@H]2O[Si](C(C)(C)C)(C(C)(C)C)OC[C@H]2O[C@H]1n1cnc2c(=O)[nH]c(N)nc21. The van der Waals surface area contributed by atoms with E-state index in [4.69, 9.17) is 23.7 Å². The van der Waals surface area contributed by atoms with Crippen molar-refractivity contribution in [3.8, 4) is 0 Å². The summed E-state index contributed by atoms with van der Waals surface area (Å²) >= 11 is 0. The zero-order valence-electron chi connectivity index (χ0n) is 23.6. The number of nitrogen functional groups attached to an aromatic ring is 1. The molecule has 3 N–H and O–H groups in total. The molecule has 4 heterocycles. The summed E-state index contributed by atoms with van der Waals surface area (Å²) < 4.78 is 29.2. The van der Waals surface area contributed by atoms with Gasteiger partial charge in [-0.05, 0) is 18.1 Å². The van der Waals surface area contributed by atoms with Crippen molar-refractivity contribution in [3.63, 3.8) is 0 Å². The molecule has 202 valence electrons. The Hall–Kier alpha value is -1.58. The van der Waals surface area contributed by atoms with Gasteiger partial charge in [0.1, 0.15) is 18.3 Å². The van der Waals surface area contributed by atoms with Crippen LogP contribution in [0.15, 0.2) is 11.1 Å². The lowest BCUT2D eigenvalue weighted by Crippen LogP contribution is -2.66. The van der Waals surface area contributed by atoms with Gasteiger partial charge in [0.15, 0.2) is 25.7 Å². The van der Waals surface area contributed by atoms with E-state index in [1.54, 1.807) is 10.9 Å². The molecule has 0 unspecified atom stereocenters. The Morgan fingerprint density at radius 1 is 1.14 bits per heavy atom. The molecule has 2 saturated heterocycles. The Morgan fingerprint density at radius 2 is 1.75 bits per heavy atom. The predicted octanol–water partition coefficient (Wildman–Crippen LogP) is 4.45. The number of anilines is 1. The summed E-state index contributed by atoms with van der Waals surface area (Å²) in [5, 5.41) is -0.387. The summed E-state index contributed by atoms with van der Waals surface area (Å²) in [7, 11) is -5.04. The van der Waals surface area contributed by atoms with Crippen LogP contribution < -0.4 is 11.3 Å². The maximum atomic E-state index is 12.5. The minimum atomic E-state index is -2.78. The largest absolute Gasteiger partial charge is 0.407 e. The molecule has 2 aliphatic rings. The van der Waals surface area contributed by atoms with E-state index in [0.717, 1.165) is 0 Å². The van der Waals surface area contributed by atoms with Crippen LogP contribution in [0.25, 0.3) is 11.2 Å². The maximum Gasteiger partial charge on any atom is 0.349 e. The summed E-state index contributed by atoms with van der Waals surface area (Å²) in [4.78, 5) is 23.7. The summed E-state index contributed by atoms with van der Waals surface area (Å²) in [6.45, 7) is 24.7. The van der Waals surface area contributed by atoms with E-state index < -0.39 is 29.2 Å². The fraction of sp³-hybridized carbons (Fsp3) is 0.792. The second-order valence-electron chi connectivity index (χ2n) is 13.7. The number of nitrogens with zero attached hydrogens (tertiary/aromatic N) is 3. The number of aromatic amines is 1. The number of hydrogen-bond donors (Lipinski definition) is 2. The lowest BCUT2D eigenvalue weighted by Gasteiger charge is -2.54. The zero-order chi connectivity index (χ0) is 27.1. The van der Waals surface area contributed by atoms with Crippen LogP contribution in [0.5, 0.6) is 0 Å². The van der Waals surface area contributed by atoms with E-state index in [9.17, 15) is 4.79 Å². The summed E-state index contributed by atoms with van der Waals surface area (Å²) in [5.41, 5.74) is 6.06. The van der Waals surface area contributed by atoms with Crippen LogP contribution in [0, 0.1) is 0 Å². The highest BCUT2D eigenvalue weighted by Gasteiger charge is 2.66. The first kappa shape index (κ1) is 27.5. The normalized spacial score (nSPS) is 27.4. The summed E-state index contributed by atoms with van der Waals surface area (Å²) in [5.74, 6) is 0.0259. The van der Waals surface area contributed by atoms with Crippen LogP contribution in [-0.2, 0) is 18.0 Å². The number of imidazole rings is 1. The molecule has 0 aliphatic carbocycles. The molecular weight excluding hydrogens is 494 g/mol. The van der Waals surface area contributed by atoms with Gasteiger partial charge in [0.05, 0.1) is 12.9 Å². The Labute approximate surface area is 215 Å². The van der Waals surface area contributed by atoms with Gasteiger partial charge in [-0.25, -0.2) is 4.98 Å². The lowest BCUT2D eigenvalue weighted by molar-refractivity contribution is -0.0795. The van der Waals surface area contributed by atoms with Crippen LogP contribution in [0.3, 0.4) is 0 Å². The molecule has 0 bridgehead atoms. The van der Waals surface area contributed by atoms with Crippen molar-refractivity contribution >= 4 is 34.0 Å². The van der Waals surface area contributed by atoms with Crippen molar-refractivity contribution in [3.05, 3.63) is 16.7 Å². The molecule has 0 spiro atoms. The summed E-state index contributed by atoms with van der Waals surface area (Å²) in [6.07, 6.45) is -0.112. The monoisotopic (exact) mass is 537 g/mol. The number of ether oxygens (including phenoxy) is 1. The molecule has 4 atom stereocenters. The predicted molar refractivity (Wildman–Crippen MR) is 145 cm³/mol. The fourth-order valence-corrected chi connectivity index (χ4v) is 11.6. The van der Waals surface area contributed by atoms with Gasteiger partial charge in [-0.2, -0.15) is 4.98 Å². The number of fused-ring (bicyclic) bond motifs is 2. The highest BCUT2D eigenvalue weighted by molar-refractivity contribution is 6.74. The Bertz CT molecular complexity index is 1180. The molecule has 36 heavy (non-hydrogen) atoms. The van der Waals surface area contributed by atoms with Crippen LogP contribution in [-0.4, -0.2) is 61.3 Å². The van der Waals surface area contributed by atoms with Gasteiger partial charge in [0.2, 0.25) is 5.95 Å². The second-order valence-corrected chi connectivity index (χ2v) is 23.2. The van der Waals surface area contributed by atoms with Gasteiger partial charge < -0.3 is 23.7 Å². The number of nitrogens with one attached hydrogen (secondary N) is 1. The minimum Gasteiger partial charge on any atom is -0.407 e. The quantitative estimate of drug-likeness (QED) is 0.550. The van der Waals surface area contributed by atoms with Crippen molar-refractivity contribution in [2.45, 2.75) is 115 Å². The van der Waals surface area contributed by atoms with Crippen molar-refractivity contribution in [1.82, 2.24) is 19.5 Å². The molecule has 2 aliphatic heterocycles. The smallest absolute Gasteiger partial charge is 0.349 e. The third-order valence-electron chi connectivity index (χ3n) is 7.97. The number of rotatable bonds is 3. The number of nitrogens with two attached hydrogens (primary N) is 1. The average molecular weight is 538 g/mol. The van der Waals surface area contributed by atoms with E-state index in [1.807, 2.05) is 0 Å². The molecule has 2 aromatic heterocycles. The van der Waals surface area contributed by atoms with Gasteiger partial charge in [-0.15, -0.1) is 0 Å². The molecule has 0 radical (unpaired) electrons. The van der Waals surface area contributed by atoms with Crippen LogP contribution >= 0.6 is 0 Å². The van der Waals surface area contributed by atoms with Crippen molar-refractivity contribution < 1.29 is 18.0 Å². The second kappa shape index (κ2) is 8.47. The van der Waals surface area contributed by atoms with Crippen molar-refractivity contribution in [1.29, 1.82) is 0 Å². The minimum absolute atomic E-state index is 0.0259. The lowest BCUT2D eigenvalue weighted by atomic mass is 10.1. The molecule has 10 nitrogen and oxygen atoms in total. The fourth-order valence-electron chi connectivity index (χ4n) is 5.32. The van der Waals surface area contributed by atoms with Crippen LogP contribution in [0.2, 0.25) is 28.2 Å². The number of aromatic nitrogens is 4. The molecular formula is C24H43N5O5Si2. The number of hydrogen-bond acceptors (Lipinski definition) is 8. The Morgan fingerprint density at radius 3 is 2.31 bits per heavy atom. The van der Waals surface area contributed by atoms with E-state index in [0.29, 0.717) is 12.3 Å². The molecule has 2 fully saturated rings. The molecule has 2 aromatic rings. The average Bonchev–Trinajstić information content (AvgIpc) is 3.26. The highest BCUT2D eigenvalue weighted by atomic mass is 28.4. The van der Waals surface area contributed by atoms with Gasteiger partial charge in [0.25, 0.3) is 5.56 Å². The first-order valence-corrected chi connectivity index (χ1v) is 17.4. The molecule has 0 amide bonds. The van der Waals surface area contributed by atoms with Crippen LogP contribution in [0.1, 0.15) is 68.5 Å². The van der Waals surface area contributed by atoms with Crippen molar-refractivity contribution in [2.75, 3.05) is 12.3 Å². The third-order valence-corrected chi connectivity index (χ3v) is 17.6. The van der Waals surface area contributed by atoms with Gasteiger partial charge in [-0.1, -0.05) is 62.3 Å². The Kier molecular flexibility index (Phi) is 6.46. The van der Waals surface area contributed by atoms with E-state index >= 15 is 0 Å². The Balaban J connectivity index is 1.84. The molecule has 4 rings (SSSR count). The highest BCUT2D eigenvalue weighted by Crippen LogP contribution is 2.56. The van der Waals surface area contributed by atoms with Gasteiger partial charge >= 0.3 is 8.56 Å². The van der Waals surface area contributed by atoms with Gasteiger partial charge in [-0.3, -0.25) is 14.3 Å². The topological polar surface area (TPSA) is 127 Å².